The van der Waals surface area contributed by atoms with Crippen LogP contribution in [0, 0.1) is 0 Å². The van der Waals surface area contributed by atoms with E-state index in [9.17, 15) is 4.79 Å². The molecule has 2 aliphatic heterocycles. The third-order valence-corrected chi connectivity index (χ3v) is 7.10. The number of pyridine rings is 1. The Labute approximate surface area is 156 Å². The lowest BCUT2D eigenvalue weighted by Gasteiger charge is -2.21. The number of amides is 1. The fourth-order valence-electron chi connectivity index (χ4n) is 3.15. The number of benzene rings is 1. The van der Waals surface area contributed by atoms with E-state index in [0.717, 1.165) is 22.0 Å². The van der Waals surface area contributed by atoms with Crippen molar-refractivity contribution in [3.05, 3.63) is 64.3 Å². The summed E-state index contributed by atoms with van der Waals surface area (Å²) in [5, 5.41) is 1.14. The molecule has 1 amide bonds. The standard InChI is InChI=1S/C19H19N3OS2/c1-3-22-16(12-13-8-6-7-11-20-13)25-17(18(22)23)19-21(2)14-9-4-5-10-15(14)24-19/h4-11,16H,3,12H2,1-2H3/b19-17+. The molecule has 1 fully saturated rings. The first-order valence-corrected chi connectivity index (χ1v) is 10.0. The van der Waals surface area contributed by atoms with E-state index in [1.807, 2.05) is 55.4 Å². The Balaban J connectivity index is 1.65. The van der Waals surface area contributed by atoms with Gasteiger partial charge in [-0.25, -0.2) is 0 Å². The highest BCUT2D eigenvalue weighted by molar-refractivity contribution is 8.08. The van der Waals surface area contributed by atoms with Crippen LogP contribution >= 0.6 is 23.5 Å². The van der Waals surface area contributed by atoms with E-state index in [4.69, 9.17) is 0 Å². The minimum atomic E-state index is 0.104. The zero-order chi connectivity index (χ0) is 17.4. The van der Waals surface area contributed by atoms with Crippen molar-refractivity contribution in [1.29, 1.82) is 0 Å². The molecule has 1 aromatic carbocycles. The predicted molar refractivity (Wildman–Crippen MR) is 104 cm³/mol. The maximum absolute atomic E-state index is 13.0. The highest BCUT2D eigenvalue weighted by Gasteiger charge is 2.40. The zero-order valence-corrected chi connectivity index (χ0v) is 15.8. The molecule has 4 nitrogen and oxygen atoms in total. The summed E-state index contributed by atoms with van der Waals surface area (Å²) in [6.07, 6.45) is 2.58. The summed E-state index contributed by atoms with van der Waals surface area (Å²) in [5.74, 6) is 0.135. The number of hydrogen-bond donors (Lipinski definition) is 0. The number of carbonyl (C=O) groups is 1. The highest BCUT2D eigenvalue weighted by atomic mass is 32.2. The fourth-order valence-corrected chi connectivity index (χ4v) is 5.85. The fraction of sp³-hybridized carbons (Fsp3) is 0.263. The van der Waals surface area contributed by atoms with Crippen LogP contribution in [0.15, 0.2) is 63.5 Å². The van der Waals surface area contributed by atoms with Gasteiger partial charge in [0.2, 0.25) is 0 Å². The van der Waals surface area contributed by atoms with Crippen molar-refractivity contribution in [2.24, 2.45) is 0 Å². The van der Waals surface area contributed by atoms with Crippen LogP contribution in [0.25, 0.3) is 0 Å². The first kappa shape index (κ1) is 16.5. The Morgan fingerprint density at radius 1 is 1.16 bits per heavy atom. The van der Waals surface area contributed by atoms with Crippen LogP contribution in [0.5, 0.6) is 0 Å². The summed E-state index contributed by atoms with van der Waals surface area (Å²) in [7, 11) is 2.04. The van der Waals surface area contributed by atoms with Gasteiger partial charge < -0.3 is 9.80 Å². The predicted octanol–water partition coefficient (Wildman–Crippen LogP) is 3.96. The summed E-state index contributed by atoms with van der Waals surface area (Å²) in [6, 6.07) is 14.2. The van der Waals surface area contributed by atoms with Crippen molar-refractivity contribution < 1.29 is 4.79 Å². The van der Waals surface area contributed by atoms with Crippen molar-refractivity contribution >= 4 is 35.1 Å². The van der Waals surface area contributed by atoms with Gasteiger partial charge >= 0.3 is 0 Å². The number of aromatic nitrogens is 1. The Morgan fingerprint density at radius 3 is 2.68 bits per heavy atom. The molecular weight excluding hydrogens is 350 g/mol. The highest BCUT2D eigenvalue weighted by Crippen LogP contribution is 2.50. The first-order valence-electron chi connectivity index (χ1n) is 8.31. The summed E-state index contributed by atoms with van der Waals surface area (Å²) in [5.41, 5.74) is 2.19. The van der Waals surface area contributed by atoms with Crippen molar-refractivity contribution in [3.8, 4) is 0 Å². The van der Waals surface area contributed by atoms with Crippen LogP contribution in [0.3, 0.4) is 0 Å². The topological polar surface area (TPSA) is 36.4 Å². The maximum Gasteiger partial charge on any atom is 0.263 e. The van der Waals surface area contributed by atoms with Gasteiger partial charge in [0.25, 0.3) is 5.91 Å². The summed E-state index contributed by atoms with van der Waals surface area (Å²) in [4.78, 5) is 23.6. The normalized spacial score (nSPS) is 22.6. The quantitative estimate of drug-likeness (QED) is 0.766. The maximum atomic E-state index is 13.0. The minimum Gasteiger partial charge on any atom is -0.337 e. The molecule has 2 aromatic rings. The Morgan fingerprint density at radius 2 is 1.96 bits per heavy atom. The molecule has 0 saturated carbocycles. The molecule has 25 heavy (non-hydrogen) atoms. The van der Waals surface area contributed by atoms with E-state index >= 15 is 0 Å². The van der Waals surface area contributed by atoms with Crippen molar-refractivity contribution in [1.82, 2.24) is 9.88 Å². The smallest absolute Gasteiger partial charge is 0.263 e. The SMILES string of the molecule is CCN1C(=O)/C(=C2\Sc3ccccc3N2C)SC1Cc1ccccn1. The van der Waals surface area contributed by atoms with Gasteiger partial charge in [-0.15, -0.1) is 0 Å². The number of thioether (sulfide) groups is 2. The van der Waals surface area contributed by atoms with Crippen LogP contribution in [0.4, 0.5) is 5.69 Å². The van der Waals surface area contributed by atoms with Crippen molar-refractivity contribution in [2.75, 3.05) is 18.5 Å². The number of carbonyl (C=O) groups excluding carboxylic acids is 1. The van der Waals surface area contributed by atoms with Gasteiger partial charge in [-0.1, -0.05) is 41.7 Å². The number of likely N-dealkylation sites (N-methyl/N-ethyl adjacent to an activating group) is 1. The van der Waals surface area contributed by atoms with Gasteiger partial charge in [-0.3, -0.25) is 9.78 Å². The van der Waals surface area contributed by atoms with E-state index in [2.05, 4.69) is 22.0 Å². The second kappa shape index (κ2) is 6.77. The lowest BCUT2D eigenvalue weighted by Crippen LogP contribution is -2.33. The second-order valence-electron chi connectivity index (χ2n) is 5.95. The number of fused-ring (bicyclic) bond motifs is 1. The van der Waals surface area contributed by atoms with Crippen LogP contribution < -0.4 is 4.90 Å². The van der Waals surface area contributed by atoms with Crippen LogP contribution in [0.1, 0.15) is 12.6 Å². The molecule has 1 aromatic heterocycles. The van der Waals surface area contributed by atoms with E-state index < -0.39 is 0 Å². The van der Waals surface area contributed by atoms with Gasteiger partial charge in [0.05, 0.1) is 16.1 Å². The molecular formula is C19H19N3OS2. The number of anilines is 1. The molecule has 0 aliphatic carbocycles. The van der Waals surface area contributed by atoms with Crippen LogP contribution in [0.2, 0.25) is 0 Å². The molecule has 0 radical (unpaired) electrons. The molecule has 0 N–H and O–H groups in total. The lowest BCUT2D eigenvalue weighted by atomic mass is 10.2. The molecule has 1 unspecified atom stereocenters. The Hall–Kier alpha value is -1.92. The summed E-state index contributed by atoms with van der Waals surface area (Å²) in [6.45, 7) is 2.75. The van der Waals surface area contributed by atoms with Gasteiger partial charge in [0.1, 0.15) is 4.91 Å². The number of nitrogens with zero attached hydrogens (tertiary/aromatic N) is 3. The van der Waals surface area contributed by atoms with Gasteiger partial charge in [-0.05, 0) is 31.2 Å². The molecule has 2 aliphatic rings. The monoisotopic (exact) mass is 369 g/mol. The van der Waals surface area contributed by atoms with E-state index in [0.29, 0.717) is 6.54 Å². The van der Waals surface area contributed by atoms with Crippen LogP contribution in [-0.4, -0.2) is 34.8 Å². The van der Waals surface area contributed by atoms with Crippen molar-refractivity contribution in [3.63, 3.8) is 0 Å². The van der Waals surface area contributed by atoms with E-state index in [1.54, 1.807) is 23.5 Å². The third-order valence-electron chi connectivity index (χ3n) is 4.44. The van der Waals surface area contributed by atoms with E-state index in [-0.39, 0.29) is 11.3 Å². The molecule has 0 spiro atoms. The number of hydrogen-bond acceptors (Lipinski definition) is 5. The molecule has 1 saturated heterocycles. The summed E-state index contributed by atoms with van der Waals surface area (Å²) >= 11 is 3.36. The average molecular weight is 370 g/mol. The average Bonchev–Trinajstić information content (AvgIpc) is 3.13. The van der Waals surface area contributed by atoms with Gasteiger partial charge in [0, 0.05) is 36.8 Å². The summed E-state index contributed by atoms with van der Waals surface area (Å²) < 4.78 is 0. The van der Waals surface area contributed by atoms with Crippen molar-refractivity contribution in [2.45, 2.75) is 23.6 Å². The Bertz CT molecular complexity index is 838. The molecule has 0 bridgehead atoms. The van der Waals surface area contributed by atoms with E-state index in [1.165, 1.54) is 10.6 Å². The number of rotatable bonds is 3. The van der Waals surface area contributed by atoms with Gasteiger partial charge in [0.15, 0.2) is 0 Å². The molecule has 3 heterocycles. The van der Waals surface area contributed by atoms with Gasteiger partial charge in [-0.2, -0.15) is 0 Å². The Kier molecular flexibility index (Phi) is 4.48. The zero-order valence-electron chi connectivity index (χ0n) is 14.2. The lowest BCUT2D eigenvalue weighted by molar-refractivity contribution is -0.125. The number of para-hydroxylation sites is 1. The molecule has 6 heteroatoms. The largest absolute Gasteiger partial charge is 0.337 e. The van der Waals surface area contributed by atoms with Crippen LogP contribution in [-0.2, 0) is 11.2 Å². The third kappa shape index (κ3) is 2.93. The minimum absolute atomic E-state index is 0.104. The molecule has 128 valence electrons. The molecule has 4 rings (SSSR count). The molecule has 1 atom stereocenters. The second-order valence-corrected chi connectivity index (χ2v) is 8.17. The first-order chi connectivity index (χ1) is 12.2.